The summed E-state index contributed by atoms with van der Waals surface area (Å²) in [5.74, 6) is 0.0149. The zero-order valence-electron chi connectivity index (χ0n) is 39.7. The van der Waals surface area contributed by atoms with Crippen molar-refractivity contribution in [2.45, 2.75) is 86.1 Å². The van der Waals surface area contributed by atoms with E-state index in [4.69, 9.17) is 0 Å². The summed E-state index contributed by atoms with van der Waals surface area (Å²) in [5, 5.41) is 2.64. The largest absolute Gasteiger partial charge is 0.331 e. The lowest BCUT2D eigenvalue weighted by molar-refractivity contribution is 0.506. The van der Waals surface area contributed by atoms with Crippen molar-refractivity contribution in [1.29, 1.82) is 0 Å². The first-order valence-corrected chi connectivity index (χ1v) is 23.3. The van der Waals surface area contributed by atoms with Gasteiger partial charge in [-0.05, 0) is 179 Å². The molecule has 0 amide bonds. The second-order valence-corrected chi connectivity index (χ2v) is 19.9. The van der Waals surface area contributed by atoms with E-state index >= 15 is 0 Å². The zero-order valence-corrected chi connectivity index (χ0v) is 39.7. The van der Waals surface area contributed by atoms with Crippen LogP contribution in [0.5, 0.6) is 0 Å². The summed E-state index contributed by atoms with van der Waals surface area (Å²) in [6, 6.07) is 59.3. The molecule has 0 N–H and O–H groups in total. The SMILES string of the molecule is Cc1ccc(-c2c(C)cccc2C)cc1N(C1=CC(C)(N(c2ccccc2)c2cc(-c3c(C)cccc3C)ccc2C)C2C=Cc3cc(C(C)(C)C)cc4ccc1c2c34)c1ccccc1. The zero-order chi connectivity index (χ0) is 45.4. The summed E-state index contributed by atoms with van der Waals surface area (Å²) in [5.41, 5.74) is 23.2. The smallest absolute Gasteiger partial charge is 0.0732 e. The van der Waals surface area contributed by atoms with E-state index in [1.54, 1.807) is 0 Å². The Morgan fingerprint density at radius 2 is 1.05 bits per heavy atom. The summed E-state index contributed by atoms with van der Waals surface area (Å²) in [7, 11) is 0. The minimum atomic E-state index is -0.593. The van der Waals surface area contributed by atoms with Crippen molar-refractivity contribution in [2.75, 3.05) is 9.80 Å². The van der Waals surface area contributed by atoms with Crippen LogP contribution in [-0.2, 0) is 5.41 Å². The highest BCUT2D eigenvalue weighted by atomic mass is 15.2. The topological polar surface area (TPSA) is 6.48 Å². The molecule has 2 atom stereocenters. The highest BCUT2D eigenvalue weighted by molar-refractivity contribution is 6.04. The molecule has 0 spiro atoms. The summed E-state index contributed by atoms with van der Waals surface area (Å²) in [6.07, 6.45) is 7.55. The quantitative estimate of drug-likeness (QED) is 0.150. The molecule has 2 aliphatic carbocycles. The normalized spacial score (nSPS) is 16.4. The summed E-state index contributed by atoms with van der Waals surface area (Å²) in [4.78, 5) is 5.22. The molecule has 2 aliphatic rings. The third-order valence-electron chi connectivity index (χ3n) is 14.4. The van der Waals surface area contributed by atoms with Crippen molar-refractivity contribution < 1.29 is 0 Å². The molecule has 0 heterocycles. The molecule has 0 aromatic heterocycles. The lowest BCUT2D eigenvalue weighted by Crippen LogP contribution is -2.49. The Bertz CT molecular complexity index is 3180. The highest BCUT2D eigenvalue weighted by Crippen LogP contribution is 2.56. The van der Waals surface area contributed by atoms with Gasteiger partial charge in [0.25, 0.3) is 0 Å². The average Bonchev–Trinajstić information content (AvgIpc) is 3.28. The minimum absolute atomic E-state index is 0.00901. The highest BCUT2D eigenvalue weighted by Gasteiger charge is 2.47. The lowest BCUT2D eigenvalue weighted by Gasteiger charge is -2.51. The first-order chi connectivity index (χ1) is 31.2. The summed E-state index contributed by atoms with van der Waals surface area (Å²) < 4.78 is 0. The Kier molecular flexibility index (Phi) is 10.3. The minimum Gasteiger partial charge on any atom is -0.331 e. The van der Waals surface area contributed by atoms with E-state index < -0.39 is 5.54 Å². The Morgan fingerprint density at radius 1 is 0.508 bits per heavy atom. The second-order valence-electron chi connectivity index (χ2n) is 19.9. The van der Waals surface area contributed by atoms with Gasteiger partial charge in [-0.1, -0.05) is 154 Å². The number of rotatable bonds is 8. The molecular weight excluding hydrogens is 785 g/mol. The third kappa shape index (κ3) is 7.11. The Labute approximate surface area is 387 Å². The Hall–Kier alpha value is -6.90. The van der Waals surface area contributed by atoms with Crippen molar-refractivity contribution >= 4 is 45.3 Å². The maximum atomic E-state index is 2.66. The van der Waals surface area contributed by atoms with E-state index in [1.807, 2.05) is 0 Å². The van der Waals surface area contributed by atoms with Crippen molar-refractivity contribution in [3.63, 3.8) is 0 Å². The summed E-state index contributed by atoms with van der Waals surface area (Å²) >= 11 is 0. The van der Waals surface area contributed by atoms with Gasteiger partial charge in [-0.3, -0.25) is 0 Å². The van der Waals surface area contributed by atoms with Crippen molar-refractivity contribution in [1.82, 2.24) is 0 Å². The van der Waals surface area contributed by atoms with Gasteiger partial charge in [0.2, 0.25) is 0 Å². The van der Waals surface area contributed by atoms with Gasteiger partial charge in [-0.15, -0.1) is 0 Å². The molecule has 8 aromatic rings. The van der Waals surface area contributed by atoms with E-state index in [2.05, 4.69) is 255 Å². The molecule has 8 aromatic carbocycles. The molecule has 0 fully saturated rings. The van der Waals surface area contributed by atoms with Crippen LogP contribution in [0.4, 0.5) is 22.7 Å². The van der Waals surface area contributed by atoms with Gasteiger partial charge in [-0.25, -0.2) is 0 Å². The first-order valence-electron chi connectivity index (χ1n) is 23.3. The maximum Gasteiger partial charge on any atom is 0.0732 e. The fourth-order valence-electron chi connectivity index (χ4n) is 11.0. The number of para-hydroxylation sites is 2. The van der Waals surface area contributed by atoms with Gasteiger partial charge in [0.1, 0.15) is 0 Å². The fourth-order valence-corrected chi connectivity index (χ4v) is 11.0. The molecule has 0 radical (unpaired) electrons. The number of aryl methyl sites for hydroxylation is 6. The van der Waals surface area contributed by atoms with Gasteiger partial charge in [0.05, 0.1) is 11.2 Å². The van der Waals surface area contributed by atoms with E-state index in [1.165, 1.54) is 106 Å². The second kappa shape index (κ2) is 16.0. The van der Waals surface area contributed by atoms with Crippen LogP contribution >= 0.6 is 0 Å². The van der Waals surface area contributed by atoms with Crippen molar-refractivity contribution in [3.05, 3.63) is 226 Å². The van der Waals surface area contributed by atoms with Crippen LogP contribution in [0.1, 0.15) is 89.2 Å². The molecule has 65 heavy (non-hydrogen) atoms. The lowest BCUT2D eigenvalue weighted by atomic mass is 9.67. The predicted molar refractivity (Wildman–Crippen MR) is 280 cm³/mol. The molecular formula is C63H60N2. The molecule has 0 saturated carbocycles. The number of hydrogen-bond donors (Lipinski definition) is 0. The Balaban J connectivity index is 1.31. The van der Waals surface area contributed by atoms with Gasteiger partial charge >= 0.3 is 0 Å². The Morgan fingerprint density at radius 3 is 1.62 bits per heavy atom. The van der Waals surface area contributed by atoms with Gasteiger partial charge in [-0.2, -0.15) is 0 Å². The van der Waals surface area contributed by atoms with E-state index in [-0.39, 0.29) is 11.3 Å². The van der Waals surface area contributed by atoms with Crippen LogP contribution in [0, 0.1) is 41.5 Å². The van der Waals surface area contributed by atoms with Crippen LogP contribution in [0.25, 0.3) is 44.8 Å². The van der Waals surface area contributed by atoms with Crippen LogP contribution in [0.3, 0.4) is 0 Å². The van der Waals surface area contributed by atoms with Gasteiger partial charge in [0.15, 0.2) is 0 Å². The third-order valence-corrected chi connectivity index (χ3v) is 14.4. The van der Waals surface area contributed by atoms with Gasteiger partial charge in [0, 0.05) is 34.2 Å². The molecule has 2 heteroatoms. The molecule has 10 rings (SSSR count). The van der Waals surface area contributed by atoms with E-state index in [0.717, 1.165) is 11.4 Å². The van der Waals surface area contributed by atoms with Crippen LogP contribution in [-0.4, -0.2) is 5.54 Å². The van der Waals surface area contributed by atoms with Gasteiger partial charge < -0.3 is 9.80 Å². The average molecular weight is 845 g/mol. The van der Waals surface area contributed by atoms with Crippen molar-refractivity contribution in [3.8, 4) is 22.3 Å². The maximum absolute atomic E-state index is 2.66. The van der Waals surface area contributed by atoms with E-state index in [0.29, 0.717) is 0 Å². The molecule has 0 saturated heterocycles. The standard InChI is InChI=1S/C63H60N2/c1-40-27-29-48(58-42(3)19-17-20-43(58)4)37-55(40)64(51-23-13-11-14-24-51)57-39-63(10,54-34-32-47-36-50(62(7,8)9)35-46-31-33-53(57)61(54)60(46)47)65(52-25-15-12-16-26-52)56-38-49(30-28-41(56)2)59-44(5)21-18-22-45(59)6/h11-39,54H,1-10H3. The number of benzene rings is 8. The number of anilines is 4. The van der Waals surface area contributed by atoms with Crippen LogP contribution in [0.2, 0.25) is 0 Å². The first kappa shape index (κ1) is 42.1. The van der Waals surface area contributed by atoms with Crippen LogP contribution in [0.15, 0.2) is 170 Å². The monoisotopic (exact) mass is 844 g/mol. The number of nitrogens with zero attached hydrogens (tertiary/aromatic N) is 2. The summed E-state index contributed by atoms with van der Waals surface area (Å²) in [6.45, 7) is 22.9. The molecule has 2 nitrogen and oxygen atoms in total. The fraction of sp³-hybridized carbons (Fsp3) is 0.206. The predicted octanol–water partition coefficient (Wildman–Crippen LogP) is 17.2. The van der Waals surface area contributed by atoms with E-state index in [9.17, 15) is 0 Å². The molecule has 0 bridgehead atoms. The number of hydrogen-bond acceptors (Lipinski definition) is 2. The molecule has 2 unspecified atom stereocenters. The van der Waals surface area contributed by atoms with Crippen LogP contribution < -0.4 is 9.80 Å². The molecule has 322 valence electrons. The molecule has 0 aliphatic heterocycles. The van der Waals surface area contributed by atoms with Crippen molar-refractivity contribution in [2.24, 2.45) is 0 Å².